The van der Waals surface area contributed by atoms with E-state index in [1.54, 1.807) is 12.1 Å². The second-order valence-electron chi connectivity index (χ2n) is 5.80. The van der Waals surface area contributed by atoms with Gasteiger partial charge in [0.15, 0.2) is 0 Å². The molecule has 0 atom stereocenters. The monoisotopic (exact) mass is 322 g/mol. The average Bonchev–Trinajstić information content (AvgIpc) is 2.35. The van der Waals surface area contributed by atoms with Gasteiger partial charge < -0.3 is 0 Å². The Morgan fingerprint density at radius 2 is 1.95 bits per heavy atom. The molecule has 0 radical (unpaired) electrons. The first-order chi connectivity index (χ1) is 10.0. The maximum atomic E-state index is 14.5. The molecule has 0 bridgehead atoms. The molecule has 0 aliphatic heterocycles. The molecule has 0 unspecified atom stereocenters. The normalized spacial score (nSPS) is 14.7. The SMILES string of the molecule is [2H]C([2H])([2H])c1cccc(-c2cc(C)[c]([Ge]([CH3])([CH3])[CH3])cn2)c1F. The Bertz CT molecular complexity index is 706. The van der Waals surface area contributed by atoms with E-state index in [-0.39, 0.29) is 11.1 Å². The predicted molar refractivity (Wildman–Crippen MR) is 82.1 cm³/mol. The van der Waals surface area contributed by atoms with Gasteiger partial charge in [-0.1, -0.05) is 0 Å². The Morgan fingerprint density at radius 1 is 1.21 bits per heavy atom. The van der Waals surface area contributed by atoms with Crippen molar-refractivity contribution in [3.8, 4) is 11.3 Å². The van der Waals surface area contributed by atoms with Crippen LogP contribution in [-0.4, -0.2) is 18.3 Å². The van der Waals surface area contributed by atoms with Crippen LogP contribution >= 0.6 is 0 Å². The molecule has 0 N–H and O–H groups in total. The third-order valence-electron chi connectivity index (χ3n) is 3.19. The second kappa shape index (κ2) is 5.08. The zero-order valence-corrected chi connectivity index (χ0v) is 13.8. The summed E-state index contributed by atoms with van der Waals surface area (Å²) >= 11 is -2.01. The van der Waals surface area contributed by atoms with Gasteiger partial charge >= 0.3 is 121 Å². The predicted octanol–water partition coefficient (Wildman–Crippen LogP) is 4.05. The van der Waals surface area contributed by atoms with Gasteiger partial charge in [-0.15, -0.1) is 0 Å². The molecule has 1 heterocycles. The number of nitrogens with zero attached hydrogens (tertiary/aromatic N) is 1. The van der Waals surface area contributed by atoms with Crippen molar-refractivity contribution in [1.29, 1.82) is 0 Å². The molecule has 19 heavy (non-hydrogen) atoms. The molecule has 0 aliphatic rings. The molecule has 1 nitrogen and oxygen atoms in total. The van der Waals surface area contributed by atoms with Gasteiger partial charge in [0.05, 0.1) is 0 Å². The van der Waals surface area contributed by atoms with Crippen LogP contribution < -0.4 is 4.40 Å². The summed E-state index contributed by atoms with van der Waals surface area (Å²) in [7, 11) is 0. The number of benzene rings is 1. The molecule has 0 saturated heterocycles. The molecular weight excluding hydrogens is 298 g/mol. The third kappa shape index (κ3) is 2.89. The summed E-state index contributed by atoms with van der Waals surface area (Å²) in [4.78, 5) is 4.38. The fourth-order valence-corrected chi connectivity index (χ4v) is 5.80. The molecule has 1 aromatic carbocycles. The molecular formula is C16H20FGeN. The molecule has 2 aromatic rings. The standard InChI is InChI=1S/C16H20FGeN/c1-11-7-6-8-13(16(11)17)15-9-12(2)14(10-19-15)18(3,4)5/h6-10H,1-5H3/i1D3. The van der Waals surface area contributed by atoms with Crippen molar-refractivity contribution in [3.05, 3.63) is 47.4 Å². The van der Waals surface area contributed by atoms with E-state index >= 15 is 0 Å². The van der Waals surface area contributed by atoms with E-state index in [1.165, 1.54) is 10.5 Å². The molecule has 1 aromatic heterocycles. The van der Waals surface area contributed by atoms with E-state index < -0.39 is 25.9 Å². The van der Waals surface area contributed by atoms with Gasteiger partial charge in [0, 0.05) is 0 Å². The Kier molecular flexibility index (Phi) is 2.84. The number of pyridine rings is 1. The Labute approximate surface area is 121 Å². The number of halogens is 1. The van der Waals surface area contributed by atoms with Crippen molar-refractivity contribution in [2.24, 2.45) is 0 Å². The Morgan fingerprint density at radius 3 is 2.53 bits per heavy atom. The molecule has 0 saturated carbocycles. The zero-order valence-electron chi connectivity index (χ0n) is 14.7. The van der Waals surface area contributed by atoms with Crippen molar-refractivity contribution < 1.29 is 8.50 Å². The fraction of sp³-hybridized carbons (Fsp3) is 0.312. The average molecular weight is 321 g/mol. The Hall–Kier alpha value is -1.16. The summed E-state index contributed by atoms with van der Waals surface area (Å²) in [6.45, 7) is -0.460. The van der Waals surface area contributed by atoms with Gasteiger partial charge in [-0.3, -0.25) is 0 Å². The van der Waals surface area contributed by atoms with Gasteiger partial charge in [0.1, 0.15) is 0 Å². The van der Waals surface area contributed by atoms with E-state index in [0.29, 0.717) is 5.69 Å². The number of hydrogen-bond donors (Lipinski definition) is 0. The van der Waals surface area contributed by atoms with E-state index in [9.17, 15) is 4.39 Å². The fourth-order valence-electron chi connectivity index (χ4n) is 2.22. The summed E-state index contributed by atoms with van der Waals surface area (Å²) in [6, 6.07) is 6.29. The Balaban J connectivity index is 2.57. The van der Waals surface area contributed by atoms with Crippen LogP contribution in [0.2, 0.25) is 17.3 Å². The van der Waals surface area contributed by atoms with Crippen molar-refractivity contribution in [3.63, 3.8) is 0 Å². The van der Waals surface area contributed by atoms with E-state index in [0.717, 1.165) is 5.56 Å². The summed E-state index contributed by atoms with van der Waals surface area (Å²) in [6.07, 6.45) is 1.83. The zero-order chi connectivity index (χ0) is 16.7. The molecule has 0 amide bonds. The van der Waals surface area contributed by atoms with Crippen LogP contribution in [0.15, 0.2) is 30.5 Å². The quantitative estimate of drug-likeness (QED) is 0.761. The first-order valence-corrected chi connectivity index (χ1v) is 13.6. The summed E-state index contributed by atoms with van der Waals surface area (Å²) in [5.41, 5.74) is 1.55. The summed E-state index contributed by atoms with van der Waals surface area (Å²) < 4.78 is 38.0. The number of aryl methyl sites for hydroxylation is 2. The van der Waals surface area contributed by atoms with Crippen LogP contribution in [0.4, 0.5) is 4.39 Å². The van der Waals surface area contributed by atoms with Gasteiger partial charge in [0.2, 0.25) is 0 Å². The van der Waals surface area contributed by atoms with Crippen LogP contribution in [-0.2, 0) is 0 Å². The van der Waals surface area contributed by atoms with Gasteiger partial charge in [-0.25, -0.2) is 0 Å². The van der Waals surface area contributed by atoms with Gasteiger partial charge in [-0.05, 0) is 0 Å². The van der Waals surface area contributed by atoms with Crippen LogP contribution in [0, 0.1) is 19.6 Å². The maximum absolute atomic E-state index is 14.5. The minimum atomic E-state index is -2.46. The van der Waals surface area contributed by atoms with Crippen LogP contribution in [0.5, 0.6) is 0 Å². The van der Waals surface area contributed by atoms with Crippen LogP contribution in [0.1, 0.15) is 15.2 Å². The summed E-state index contributed by atoms with van der Waals surface area (Å²) in [5, 5.41) is 0. The van der Waals surface area contributed by atoms with Gasteiger partial charge in [-0.2, -0.15) is 0 Å². The molecule has 2 rings (SSSR count). The van der Waals surface area contributed by atoms with Crippen molar-refractivity contribution >= 4 is 17.7 Å². The van der Waals surface area contributed by atoms with Gasteiger partial charge in [0.25, 0.3) is 0 Å². The molecule has 0 spiro atoms. The first-order valence-electron chi connectivity index (χ1n) is 7.78. The number of aromatic nitrogens is 1. The van der Waals surface area contributed by atoms with E-state index in [2.05, 4.69) is 22.3 Å². The van der Waals surface area contributed by atoms with Crippen LogP contribution in [0.25, 0.3) is 11.3 Å². The van der Waals surface area contributed by atoms with Crippen molar-refractivity contribution in [1.82, 2.24) is 4.98 Å². The molecule has 0 fully saturated rings. The molecule has 3 heteroatoms. The molecule has 100 valence electrons. The van der Waals surface area contributed by atoms with E-state index in [4.69, 9.17) is 4.11 Å². The minimum absolute atomic E-state index is 0.240. The number of rotatable bonds is 2. The first kappa shape index (κ1) is 10.6. The van der Waals surface area contributed by atoms with Crippen molar-refractivity contribution in [2.75, 3.05) is 0 Å². The number of hydrogen-bond acceptors (Lipinski definition) is 1. The third-order valence-corrected chi connectivity index (χ3v) is 7.68. The van der Waals surface area contributed by atoms with Crippen LogP contribution in [0.3, 0.4) is 0 Å². The van der Waals surface area contributed by atoms with E-state index in [1.807, 2.05) is 19.2 Å². The topological polar surface area (TPSA) is 12.9 Å². The summed E-state index contributed by atoms with van der Waals surface area (Å²) in [5.74, 6) is 6.12. The van der Waals surface area contributed by atoms with Crippen molar-refractivity contribution in [2.45, 2.75) is 31.0 Å². The second-order valence-corrected chi connectivity index (χ2v) is 16.4. The molecule has 0 aliphatic carbocycles.